The van der Waals surface area contributed by atoms with Crippen LogP contribution in [0, 0.1) is 0 Å². The third kappa shape index (κ3) is 3.33. The number of rotatable bonds is 2. The molecule has 1 aliphatic rings. The van der Waals surface area contributed by atoms with Crippen LogP contribution in [0.15, 0.2) is 35.3 Å². The number of pyridine rings is 1. The van der Waals surface area contributed by atoms with Gasteiger partial charge in [0, 0.05) is 32.4 Å². The Balaban J connectivity index is 1.68. The quantitative estimate of drug-likeness (QED) is 0.825. The van der Waals surface area contributed by atoms with Crippen LogP contribution < -0.4 is 4.90 Å². The molecular formula is C15H13ClF3N3O2. The zero-order valence-corrected chi connectivity index (χ0v) is 13.1. The smallest absolute Gasteiger partial charge is 0.417 e. The summed E-state index contributed by atoms with van der Waals surface area (Å²) in [5, 5.41) is -0.0561. The van der Waals surface area contributed by atoms with Crippen LogP contribution in [-0.2, 0) is 6.18 Å². The predicted octanol–water partition coefficient (Wildman–Crippen LogP) is 3.31. The number of carbonyl (C=O) groups is 1. The average Bonchev–Trinajstić information content (AvgIpc) is 3.08. The van der Waals surface area contributed by atoms with Gasteiger partial charge in [-0.3, -0.25) is 4.79 Å². The fraction of sp³-hybridized carbons (Fsp3) is 0.333. The molecule has 128 valence electrons. The number of amides is 1. The van der Waals surface area contributed by atoms with Crippen molar-refractivity contribution in [3.8, 4) is 0 Å². The highest BCUT2D eigenvalue weighted by Gasteiger charge is 2.32. The lowest BCUT2D eigenvalue weighted by molar-refractivity contribution is -0.137. The first-order valence-corrected chi connectivity index (χ1v) is 7.53. The van der Waals surface area contributed by atoms with Crippen LogP contribution in [0.1, 0.15) is 15.9 Å². The minimum absolute atomic E-state index is 0.0561. The molecule has 9 heteroatoms. The summed E-state index contributed by atoms with van der Waals surface area (Å²) >= 11 is 5.95. The Hall–Kier alpha value is -2.22. The predicted molar refractivity (Wildman–Crippen MR) is 81.1 cm³/mol. The second kappa shape index (κ2) is 6.35. The molecule has 3 heterocycles. The van der Waals surface area contributed by atoms with E-state index in [0.717, 1.165) is 12.3 Å². The van der Waals surface area contributed by atoms with Crippen LogP contribution >= 0.6 is 11.6 Å². The van der Waals surface area contributed by atoms with Crippen molar-refractivity contribution in [1.82, 2.24) is 9.88 Å². The van der Waals surface area contributed by atoms with Crippen molar-refractivity contribution in [2.24, 2.45) is 0 Å². The number of halogens is 4. The lowest BCUT2D eigenvalue weighted by atomic mass is 10.2. The first-order chi connectivity index (χ1) is 11.4. The van der Waals surface area contributed by atoms with E-state index in [4.69, 9.17) is 16.0 Å². The fourth-order valence-electron chi connectivity index (χ4n) is 2.51. The van der Waals surface area contributed by atoms with Crippen LogP contribution in [-0.4, -0.2) is 42.0 Å². The molecule has 0 saturated carbocycles. The maximum absolute atomic E-state index is 12.7. The second-order valence-electron chi connectivity index (χ2n) is 5.32. The van der Waals surface area contributed by atoms with E-state index in [2.05, 4.69) is 4.98 Å². The van der Waals surface area contributed by atoms with E-state index in [0.29, 0.717) is 37.6 Å². The standard InChI is InChI=1S/C15H13ClF3N3O2/c16-12-7-11(15(17,18)19)8-20-13(12)21-2-4-22(5-3-21)14(23)10-1-6-24-9-10/h1,6-9H,2-5H2. The van der Waals surface area contributed by atoms with Crippen molar-refractivity contribution in [3.05, 3.63) is 47.0 Å². The highest BCUT2D eigenvalue weighted by Crippen LogP contribution is 2.33. The number of aromatic nitrogens is 1. The Morgan fingerprint density at radius 2 is 1.96 bits per heavy atom. The summed E-state index contributed by atoms with van der Waals surface area (Å²) < 4.78 is 42.9. The van der Waals surface area contributed by atoms with Crippen molar-refractivity contribution in [2.75, 3.05) is 31.1 Å². The first kappa shape index (κ1) is 16.6. The minimum atomic E-state index is -4.48. The van der Waals surface area contributed by atoms with Crippen molar-refractivity contribution in [2.45, 2.75) is 6.18 Å². The Morgan fingerprint density at radius 1 is 1.25 bits per heavy atom. The zero-order valence-electron chi connectivity index (χ0n) is 12.4. The summed E-state index contributed by atoms with van der Waals surface area (Å²) in [6.07, 6.45) is -0.909. The number of anilines is 1. The van der Waals surface area contributed by atoms with E-state index >= 15 is 0 Å². The lowest BCUT2D eigenvalue weighted by Crippen LogP contribution is -2.49. The number of nitrogens with zero attached hydrogens (tertiary/aromatic N) is 3. The van der Waals surface area contributed by atoms with E-state index in [1.807, 2.05) is 0 Å². The SMILES string of the molecule is O=C(c1ccoc1)N1CCN(c2ncc(C(F)(F)F)cc2Cl)CC1. The van der Waals surface area contributed by atoms with Gasteiger partial charge in [-0.2, -0.15) is 13.2 Å². The van der Waals surface area contributed by atoms with Crippen LogP contribution in [0.5, 0.6) is 0 Å². The van der Waals surface area contributed by atoms with Gasteiger partial charge in [-0.1, -0.05) is 11.6 Å². The van der Waals surface area contributed by atoms with Crippen LogP contribution in [0.3, 0.4) is 0 Å². The lowest BCUT2D eigenvalue weighted by Gasteiger charge is -2.35. The number of hydrogen-bond donors (Lipinski definition) is 0. The van der Waals surface area contributed by atoms with Crippen molar-refractivity contribution < 1.29 is 22.4 Å². The molecular weight excluding hydrogens is 347 g/mol. The van der Waals surface area contributed by atoms with Crippen molar-refractivity contribution >= 4 is 23.3 Å². The topological polar surface area (TPSA) is 49.6 Å². The molecule has 0 bridgehead atoms. The van der Waals surface area contributed by atoms with Gasteiger partial charge in [0.15, 0.2) is 0 Å². The molecule has 1 saturated heterocycles. The van der Waals surface area contributed by atoms with E-state index in [1.165, 1.54) is 12.5 Å². The normalized spacial score (nSPS) is 15.7. The number of furan rings is 1. The molecule has 2 aromatic rings. The molecule has 1 amide bonds. The summed E-state index contributed by atoms with van der Waals surface area (Å²) in [5.74, 6) is 0.148. The molecule has 1 aliphatic heterocycles. The van der Waals surface area contributed by atoms with Gasteiger partial charge in [0.25, 0.3) is 5.91 Å². The summed E-state index contributed by atoms with van der Waals surface area (Å²) in [4.78, 5) is 19.5. The van der Waals surface area contributed by atoms with E-state index in [-0.39, 0.29) is 10.9 Å². The molecule has 0 atom stereocenters. The highest BCUT2D eigenvalue weighted by molar-refractivity contribution is 6.33. The summed E-state index contributed by atoms with van der Waals surface area (Å²) in [6, 6.07) is 2.45. The van der Waals surface area contributed by atoms with Crippen LogP contribution in [0.2, 0.25) is 5.02 Å². The van der Waals surface area contributed by atoms with E-state index in [1.54, 1.807) is 15.9 Å². The van der Waals surface area contributed by atoms with Gasteiger partial charge in [-0.05, 0) is 12.1 Å². The van der Waals surface area contributed by atoms with Gasteiger partial charge in [-0.15, -0.1) is 0 Å². The van der Waals surface area contributed by atoms with Gasteiger partial charge in [-0.25, -0.2) is 4.98 Å². The summed E-state index contributed by atoms with van der Waals surface area (Å²) in [5.41, 5.74) is -0.417. The molecule has 0 aromatic carbocycles. The maximum atomic E-state index is 12.7. The monoisotopic (exact) mass is 359 g/mol. The third-order valence-electron chi connectivity index (χ3n) is 3.78. The van der Waals surface area contributed by atoms with Crippen LogP contribution in [0.4, 0.5) is 19.0 Å². The molecule has 0 spiro atoms. The number of alkyl halides is 3. The second-order valence-corrected chi connectivity index (χ2v) is 5.73. The van der Waals surface area contributed by atoms with Gasteiger partial charge >= 0.3 is 6.18 Å². The van der Waals surface area contributed by atoms with E-state index < -0.39 is 11.7 Å². The molecule has 2 aromatic heterocycles. The number of hydrogen-bond acceptors (Lipinski definition) is 4. The fourth-order valence-corrected chi connectivity index (χ4v) is 2.79. The first-order valence-electron chi connectivity index (χ1n) is 7.15. The summed E-state index contributed by atoms with van der Waals surface area (Å²) in [6.45, 7) is 1.70. The number of piperazine rings is 1. The molecule has 3 rings (SSSR count). The molecule has 0 N–H and O–H groups in total. The molecule has 0 aliphatic carbocycles. The number of carbonyl (C=O) groups excluding carboxylic acids is 1. The molecule has 24 heavy (non-hydrogen) atoms. The highest BCUT2D eigenvalue weighted by atomic mass is 35.5. The van der Waals surface area contributed by atoms with Gasteiger partial charge < -0.3 is 14.2 Å². The Morgan fingerprint density at radius 3 is 2.50 bits per heavy atom. The molecule has 0 unspecified atom stereocenters. The largest absolute Gasteiger partial charge is 0.472 e. The Kier molecular flexibility index (Phi) is 4.40. The molecule has 0 radical (unpaired) electrons. The van der Waals surface area contributed by atoms with Crippen molar-refractivity contribution in [3.63, 3.8) is 0 Å². The third-order valence-corrected chi connectivity index (χ3v) is 4.06. The Labute approximate surface area is 140 Å². The molecule has 5 nitrogen and oxygen atoms in total. The maximum Gasteiger partial charge on any atom is 0.417 e. The van der Waals surface area contributed by atoms with E-state index in [9.17, 15) is 18.0 Å². The van der Waals surface area contributed by atoms with Crippen LogP contribution in [0.25, 0.3) is 0 Å². The molecule has 1 fully saturated rings. The van der Waals surface area contributed by atoms with Gasteiger partial charge in [0.1, 0.15) is 12.1 Å². The minimum Gasteiger partial charge on any atom is -0.472 e. The Bertz CT molecular complexity index is 726. The zero-order chi connectivity index (χ0) is 17.3. The van der Waals surface area contributed by atoms with Crippen molar-refractivity contribution in [1.29, 1.82) is 0 Å². The average molecular weight is 360 g/mol. The summed E-state index contributed by atoms with van der Waals surface area (Å²) in [7, 11) is 0. The van der Waals surface area contributed by atoms with Gasteiger partial charge in [0.2, 0.25) is 0 Å². The van der Waals surface area contributed by atoms with Gasteiger partial charge in [0.05, 0.1) is 22.4 Å².